The van der Waals surface area contributed by atoms with Gasteiger partial charge in [-0.2, -0.15) is 0 Å². The molecule has 5 heteroatoms. The monoisotopic (exact) mass is 313 g/mol. The number of hydrogen-bond donors (Lipinski definition) is 1. The van der Waals surface area contributed by atoms with Crippen molar-refractivity contribution in [3.63, 3.8) is 0 Å². The fraction of sp³-hybridized carbons (Fsp3) is 0.250. The molecular weight excluding hydrogens is 296 g/mol. The summed E-state index contributed by atoms with van der Waals surface area (Å²) >= 11 is 0. The van der Waals surface area contributed by atoms with Gasteiger partial charge in [0.1, 0.15) is 12.4 Å². The van der Waals surface area contributed by atoms with Crippen LogP contribution in [0.1, 0.15) is 23.6 Å². The molecule has 0 saturated carbocycles. The molecule has 2 N–H and O–H groups in total. The Morgan fingerprint density at radius 3 is 2.14 bits per heavy atom. The van der Waals surface area contributed by atoms with Crippen LogP contribution >= 0.6 is 12.4 Å². The van der Waals surface area contributed by atoms with E-state index in [1.807, 2.05) is 30.3 Å². The van der Waals surface area contributed by atoms with E-state index in [9.17, 15) is 8.78 Å². The smallest absolute Gasteiger partial charge is 0.240 e. The molecule has 0 saturated heterocycles. The Hall–Kier alpha value is -1.65. The van der Waals surface area contributed by atoms with Crippen LogP contribution in [0.5, 0.6) is 5.75 Å². The minimum Gasteiger partial charge on any atom is -0.489 e. The van der Waals surface area contributed by atoms with Crippen molar-refractivity contribution < 1.29 is 13.5 Å². The van der Waals surface area contributed by atoms with Crippen molar-refractivity contribution in [2.24, 2.45) is 5.73 Å². The molecule has 2 rings (SSSR count). The standard InChI is InChI=1S/C16H17F2NO.ClH/c17-16(18)10-15(19)13-6-8-14(9-7-13)20-11-12-4-2-1-3-5-12;/h1-9,15-16H,10-11,19H2;1H/t15-;/m1./s1. The van der Waals surface area contributed by atoms with Crippen LogP contribution in [0, 0.1) is 0 Å². The molecule has 21 heavy (non-hydrogen) atoms. The molecular formula is C16H18ClF2NO. The summed E-state index contributed by atoms with van der Waals surface area (Å²) in [5.74, 6) is 0.696. The maximum Gasteiger partial charge on any atom is 0.240 e. The van der Waals surface area contributed by atoms with E-state index >= 15 is 0 Å². The predicted octanol–water partition coefficient (Wildman–Crippen LogP) is 4.34. The summed E-state index contributed by atoms with van der Waals surface area (Å²) in [4.78, 5) is 0. The number of hydrogen-bond acceptors (Lipinski definition) is 2. The van der Waals surface area contributed by atoms with Crippen molar-refractivity contribution >= 4 is 12.4 Å². The van der Waals surface area contributed by atoms with E-state index in [-0.39, 0.29) is 18.8 Å². The van der Waals surface area contributed by atoms with Gasteiger partial charge in [-0.15, -0.1) is 12.4 Å². The van der Waals surface area contributed by atoms with Crippen molar-refractivity contribution in [3.05, 3.63) is 65.7 Å². The lowest BCUT2D eigenvalue weighted by molar-refractivity contribution is 0.128. The van der Waals surface area contributed by atoms with Crippen molar-refractivity contribution in [3.8, 4) is 5.75 Å². The molecule has 2 aromatic rings. The Kier molecular flexibility index (Phi) is 7.12. The summed E-state index contributed by atoms with van der Waals surface area (Å²) in [6, 6.07) is 16.1. The van der Waals surface area contributed by atoms with Crippen LogP contribution in [0.3, 0.4) is 0 Å². The molecule has 0 heterocycles. The Balaban J connectivity index is 0.00000220. The summed E-state index contributed by atoms with van der Waals surface area (Å²) in [6.45, 7) is 0.475. The van der Waals surface area contributed by atoms with Gasteiger partial charge >= 0.3 is 0 Å². The molecule has 0 aromatic heterocycles. The molecule has 114 valence electrons. The second-order valence-corrected chi connectivity index (χ2v) is 4.58. The van der Waals surface area contributed by atoms with E-state index in [1.165, 1.54) is 0 Å². The summed E-state index contributed by atoms with van der Waals surface area (Å²) in [5, 5.41) is 0. The van der Waals surface area contributed by atoms with Gasteiger partial charge in [0.15, 0.2) is 0 Å². The Morgan fingerprint density at radius 1 is 0.952 bits per heavy atom. The molecule has 0 fully saturated rings. The number of ether oxygens (including phenoxy) is 1. The average Bonchev–Trinajstić information content (AvgIpc) is 2.46. The largest absolute Gasteiger partial charge is 0.489 e. The van der Waals surface area contributed by atoms with Crippen molar-refractivity contribution in [1.82, 2.24) is 0 Å². The molecule has 0 radical (unpaired) electrons. The lowest BCUT2D eigenvalue weighted by Crippen LogP contribution is -2.13. The second-order valence-electron chi connectivity index (χ2n) is 4.58. The van der Waals surface area contributed by atoms with Gasteiger partial charge in [-0.3, -0.25) is 0 Å². The van der Waals surface area contributed by atoms with E-state index in [4.69, 9.17) is 10.5 Å². The number of nitrogens with two attached hydrogens (primary N) is 1. The molecule has 2 aromatic carbocycles. The molecule has 0 aliphatic carbocycles. The third-order valence-electron chi connectivity index (χ3n) is 2.99. The number of alkyl halides is 2. The first kappa shape index (κ1) is 17.4. The van der Waals surface area contributed by atoms with Gasteiger partial charge in [0.05, 0.1) is 0 Å². The van der Waals surface area contributed by atoms with E-state index in [0.717, 1.165) is 5.56 Å². The fourth-order valence-electron chi connectivity index (χ4n) is 1.88. The van der Waals surface area contributed by atoms with E-state index in [0.29, 0.717) is 17.9 Å². The first-order chi connectivity index (χ1) is 9.65. The Morgan fingerprint density at radius 2 is 1.57 bits per heavy atom. The van der Waals surface area contributed by atoms with Gasteiger partial charge in [0, 0.05) is 12.5 Å². The van der Waals surface area contributed by atoms with Crippen LogP contribution in [0.2, 0.25) is 0 Å². The quantitative estimate of drug-likeness (QED) is 0.861. The van der Waals surface area contributed by atoms with Crippen LogP contribution in [0.25, 0.3) is 0 Å². The van der Waals surface area contributed by atoms with Crippen molar-refractivity contribution in [1.29, 1.82) is 0 Å². The predicted molar refractivity (Wildman–Crippen MR) is 82.0 cm³/mol. The minimum atomic E-state index is -2.39. The summed E-state index contributed by atoms with van der Waals surface area (Å²) in [5.41, 5.74) is 7.46. The van der Waals surface area contributed by atoms with Crippen molar-refractivity contribution in [2.75, 3.05) is 0 Å². The van der Waals surface area contributed by atoms with E-state index in [2.05, 4.69) is 0 Å². The Labute approximate surface area is 129 Å². The second kappa shape index (κ2) is 8.60. The maximum absolute atomic E-state index is 12.3. The SMILES string of the molecule is Cl.N[C@H](CC(F)F)c1ccc(OCc2ccccc2)cc1. The highest BCUT2D eigenvalue weighted by Crippen LogP contribution is 2.21. The Bertz CT molecular complexity index is 520. The number of benzene rings is 2. The maximum atomic E-state index is 12.3. The van der Waals surface area contributed by atoms with Crippen LogP contribution in [0.4, 0.5) is 8.78 Å². The first-order valence-electron chi connectivity index (χ1n) is 6.45. The number of halogens is 3. The van der Waals surface area contributed by atoms with E-state index in [1.54, 1.807) is 24.3 Å². The molecule has 0 unspecified atom stereocenters. The molecule has 1 atom stereocenters. The zero-order valence-corrected chi connectivity index (χ0v) is 12.2. The average molecular weight is 314 g/mol. The molecule has 0 bridgehead atoms. The van der Waals surface area contributed by atoms with Gasteiger partial charge < -0.3 is 10.5 Å². The molecule has 0 amide bonds. The normalized spacial score (nSPS) is 11.8. The van der Waals surface area contributed by atoms with Crippen LogP contribution in [-0.4, -0.2) is 6.43 Å². The third kappa shape index (κ3) is 5.69. The van der Waals surface area contributed by atoms with Gasteiger partial charge in [-0.05, 0) is 23.3 Å². The first-order valence-corrected chi connectivity index (χ1v) is 6.45. The highest BCUT2D eigenvalue weighted by atomic mass is 35.5. The van der Waals surface area contributed by atoms with Crippen LogP contribution < -0.4 is 10.5 Å². The highest BCUT2D eigenvalue weighted by Gasteiger charge is 2.12. The molecule has 0 aliphatic heterocycles. The topological polar surface area (TPSA) is 35.2 Å². The van der Waals surface area contributed by atoms with E-state index < -0.39 is 12.5 Å². The molecule has 2 nitrogen and oxygen atoms in total. The van der Waals surface area contributed by atoms with Gasteiger partial charge in [0.2, 0.25) is 6.43 Å². The highest BCUT2D eigenvalue weighted by molar-refractivity contribution is 5.85. The minimum absolute atomic E-state index is 0. The van der Waals surface area contributed by atoms with Gasteiger partial charge in [-0.1, -0.05) is 42.5 Å². The van der Waals surface area contributed by atoms with Gasteiger partial charge in [0.25, 0.3) is 0 Å². The number of rotatable bonds is 6. The summed E-state index contributed by atoms with van der Waals surface area (Å²) in [7, 11) is 0. The lowest BCUT2D eigenvalue weighted by Gasteiger charge is -2.12. The van der Waals surface area contributed by atoms with Crippen LogP contribution in [-0.2, 0) is 6.61 Å². The fourth-order valence-corrected chi connectivity index (χ4v) is 1.88. The molecule has 0 spiro atoms. The summed E-state index contributed by atoms with van der Waals surface area (Å²) in [6.07, 6.45) is -2.72. The van der Waals surface area contributed by atoms with Gasteiger partial charge in [-0.25, -0.2) is 8.78 Å². The zero-order chi connectivity index (χ0) is 14.4. The zero-order valence-electron chi connectivity index (χ0n) is 11.4. The van der Waals surface area contributed by atoms with Crippen LogP contribution in [0.15, 0.2) is 54.6 Å². The van der Waals surface area contributed by atoms with Crippen molar-refractivity contribution in [2.45, 2.75) is 25.5 Å². The lowest BCUT2D eigenvalue weighted by atomic mass is 10.1. The third-order valence-corrected chi connectivity index (χ3v) is 2.99. The summed E-state index contributed by atoms with van der Waals surface area (Å²) < 4.78 is 30.1. The molecule has 0 aliphatic rings.